The first-order valence-corrected chi connectivity index (χ1v) is 9.14. The average Bonchev–Trinajstić information content (AvgIpc) is 2.68. The van der Waals surface area contributed by atoms with Crippen LogP contribution in [0.15, 0.2) is 42.5 Å². The number of methoxy groups -OCH3 is 2. The van der Waals surface area contributed by atoms with Crippen molar-refractivity contribution in [1.29, 1.82) is 0 Å². The fraction of sp³-hybridized carbons (Fsp3) is 0.364. The first-order chi connectivity index (χ1) is 13.2. The summed E-state index contributed by atoms with van der Waals surface area (Å²) in [5, 5.41) is 5.57. The van der Waals surface area contributed by atoms with E-state index in [0.717, 1.165) is 0 Å². The monoisotopic (exact) mass is 384 g/mol. The molecule has 0 aliphatic rings. The van der Waals surface area contributed by atoms with Crippen LogP contribution in [0.1, 0.15) is 39.2 Å². The molecule has 6 nitrogen and oxygen atoms in total. The van der Waals surface area contributed by atoms with Crippen LogP contribution in [0.4, 0.5) is 11.4 Å². The van der Waals surface area contributed by atoms with Crippen molar-refractivity contribution in [2.24, 2.45) is 5.41 Å². The van der Waals surface area contributed by atoms with E-state index in [-0.39, 0.29) is 5.91 Å². The lowest BCUT2D eigenvalue weighted by Gasteiger charge is -2.23. The van der Waals surface area contributed by atoms with Crippen LogP contribution in [0, 0.1) is 5.41 Å². The Kier molecular flexibility index (Phi) is 6.67. The number of hydrogen-bond donors (Lipinski definition) is 2. The molecule has 0 unspecified atom stereocenters. The van der Waals surface area contributed by atoms with E-state index in [4.69, 9.17) is 9.47 Å². The number of ether oxygens (including phenoxy) is 2. The molecule has 2 aromatic carbocycles. The summed E-state index contributed by atoms with van der Waals surface area (Å²) in [5.41, 5.74) is 1.08. The van der Waals surface area contributed by atoms with Gasteiger partial charge in [-0.3, -0.25) is 9.59 Å². The number of anilines is 2. The Morgan fingerprint density at radius 3 is 1.82 bits per heavy atom. The van der Waals surface area contributed by atoms with E-state index in [1.165, 1.54) is 19.8 Å². The molecule has 0 spiro atoms. The van der Waals surface area contributed by atoms with Crippen molar-refractivity contribution in [2.75, 3.05) is 24.9 Å². The molecule has 0 saturated carbocycles. The minimum Gasteiger partial charge on any atom is -0.493 e. The lowest BCUT2D eigenvalue weighted by atomic mass is 9.90. The van der Waals surface area contributed by atoms with Crippen LogP contribution >= 0.6 is 0 Å². The highest BCUT2D eigenvalue weighted by molar-refractivity contribution is 6.14. The van der Waals surface area contributed by atoms with Crippen LogP contribution in [0.25, 0.3) is 0 Å². The van der Waals surface area contributed by atoms with Crippen LogP contribution in [-0.2, 0) is 9.59 Å². The summed E-state index contributed by atoms with van der Waals surface area (Å²) in [6.07, 6.45) is 0. The van der Waals surface area contributed by atoms with Crippen molar-refractivity contribution in [3.05, 3.63) is 48.0 Å². The number of hydrogen-bond acceptors (Lipinski definition) is 4. The van der Waals surface area contributed by atoms with E-state index in [1.54, 1.807) is 32.0 Å². The molecule has 0 fully saturated rings. The molecule has 2 aromatic rings. The molecule has 2 amide bonds. The smallest absolute Gasteiger partial charge is 0.239 e. The predicted molar refractivity (Wildman–Crippen MR) is 111 cm³/mol. The van der Waals surface area contributed by atoms with Gasteiger partial charge in [0.05, 0.1) is 14.2 Å². The minimum absolute atomic E-state index is 0.386. The molecule has 0 atom stereocenters. The molecular weight excluding hydrogens is 356 g/mol. The minimum atomic E-state index is -1.27. The number of carbonyl (C=O) groups excluding carboxylic acids is 2. The summed E-state index contributed by atoms with van der Waals surface area (Å²) in [6, 6.07) is 12.7. The van der Waals surface area contributed by atoms with Gasteiger partial charge in [0.2, 0.25) is 11.8 Å². The topological polar surface area (TPSA) is 76.7 Å². The molecule has 0 bridgehead atoms. The highest BCUT2D eigenvalue weighted by Crippen LogP contribution is 2.31. The molecule has 28 heavy (non-hydrogen) atoms. The van der Waals surface area contributed by atoms with Gasteiger partial charge in [-0.1, -0.05) is 26.0 Å². The lowest BCUT2D eigenvalue weighted by Crippen LogP contribution is -2.41. The molecular formula is C22H28N2O4. The second-order valence-corrected chi connectivity index (χ2v) is 7.38. The van der Waals surface area contributed by atoms with Gasteiger partial charge in [0.15, 0.2) is 11.5 Å². The van der Waals surface area contributed by atoms with Gasteiger partial charge in [-0.25, -0.2) is 0 Å². The van der Waals surface area contributed by atoms with Crippen LogP contribution in [-0.4, -0.2) is 26.0 Å². The molecule has 0 heterocycles. The first kappa shape index (κ1) is 21.3. The second kappa shape index (κ2) is 8.78. The normalized spacial score (nSPS) is 11.1. The Balaban J connectivity index is 2.09. The molecule has 2 N–H and O–H groups in total. The van der Waals surface area contributed by atoms with E-state index in [2.05, 4.69) is 24.5 Å². The third-order valence-corrected chi connectivity index (χ3v) is 4.61. The Hall–Kier alpha value is -3.02. The van der Waals surface area contributed by atoms with Crippen LogP contribution in [0.3, 0.4) is 0 Å². The van der Waals surface area contributed by atoms with Crippen LogP contribution in [0.2, 0.25) is 0 Å². The molecule has 0 aliphatic carbocycles. The van der Waals surface area contributed by atoms with Crippen molar-refractivity contribution in [2.45, 2.75) is 33.6 Å². The van der Waals surface area contributed by atoms with Gasteiger partial charge < -0.3 is 20.1 Å². The number of amides is 2. The SMILES string of the molecule is COc1ccc(NC(=O)C(C)(C)C(=O)Nc2ccc(C(C)C)cc2)cc1OC. The fourth-order valence-electron chi connectivity index (χ4n) is 2.54. The van der Waals surface area contributed by atoms with E-state index >= 15 is 0 Å². The quantitative estimate of drug-likeness (QED) is 0.693. The summed E-state index contributed by atoms with van der Waals surface area (Å²) in [5.74, 6) is 0.655. The standard InChI is InChI=1S/C22H28N2O4/c1-14(2)15-7-9-16(10-8-15)23-20(25)22(3,4)21(26)24-17-11-12-18(27-5)19(13-17)28-6/h7-14H,1-6H3,(H,23,25)(H,24,26). The summed E-state index contributed by atoms with van der Waals surface area (Å²) in [6.45, 7) is 7.38. The summed E-state index contributed by atoms with van der Waals surface area (Å²) < 4.78 is 10.4. The van der Waals surface area contributed by atoms with Gasteiger partial charge >= 0.3 is 0 Å². The van der Waals surface area contributed by atoms with E-state index in [0.29, 0.717) is 28.8 Å². The highest BCUT2D eigenvalue weighted by Gasteiger charge is 2.36. The number of nitrogens with one attached hydrogen (secondary N) is 2. The third-order valence-electron chi connectivity index (χ3n) is 4.61. The van der Waals surface area contributed by atoms with Gasteiger partial charge in [0.25, 0.3) is 0 Å². The molecule has 2 rings (SSSR count). The van der Waals surface area contributed by atoms with Gasteiger partial charge in [0.1, 0.15) is 5.41 Å². The van der Waals surface area contributed by atoms with E-state index in [1.807, 2.05) is 24.3 Å². The van der Waals surface area contributed by atoms with Crippen LogP contribution < -0.4 is 20.1 Å². The second-order valence-electron chi connectivity index (χ2n) is 7.38. The number of rotatable bonds is 7. The Morgan fingerprint density at radius 1 is 0.821 bits per heavy atom. The highest BCUT2D eigenvalue weighted by atomic mass is 16.5. The van der Waals surface area contributed by atoms with Crippen molar-refractivity contribution >= 4 is 23.2 Å². The summed E-state index contributed by atoms with van der Waals surface area (Å²) in [7, 11) is 3.06. The number of carbonyl (C=O) groups is 2. The van der Waals surface area contributed by atoms with E-state index in [9.17, 15) is 9.59 Å². The molecule has 0 saturated heterocycles. The van der Waals surface area contributed by atoms with Crippen LogP contribution in [0.5, 0.6) is 11.5 Å². The maximum atomic E-state index is 12.7. The molecule has 6 heteroatoms. The molecule has 0 radical (unpaired) electrons. The maximum Gasteiger partial charge on any atom is 0.239 e. The Morgan fingerprint density at radius 2 is 1.32 bits per heavy atom. The largest absolute Gasteiger partial charge is 0.493 e. The predicted octanol–water partition coefficient (Wildman–Crippen LogP) is 4.43. The van der Waals surface area contributed by atoms with Crippen molar-refractivity contribution in [3.63, 3.8) is 0 Å². The van der Waals surface area contributed by atoms with Gasteiger partial charge in [0, 0.05) is 17.4 Å². The van der Waals surface area contributed by atoms with Crippen molar-refractivity contribution in [1.82, 2.24) is 0 Å². The first-order valence-electron chi connectivity index (χ1n) is 9.14. The third kappa shape index (κ3) is 4.82. The van der Waals surface area contributed by atoms with E-state index < -0.39 is 11.3 Å². The lowest BCUT2D eigenvalue weighted by molar-refractivity contribution is -0.135. The zero-order valence-corrected chi connectivity index (χ0v) is 17.3. The maximum absolute atomic E-state index is 12.7. The zero-order chi connectivity index (χ0) is 20.9. The fourth-order valence-corrected chi connectivity index (χ4v) is 2.54. The Bertz CT molecular complexity index is 842. The number of benzene rings is 2. The van der Waals surface area contributed by atoms with Crippen molar-refractivity contribution in [3.8, 4) is 11.5 Å². The average molecular weight is 384 g/mol. The van der Waals surface area contributed by atoms with Gasteiger partial charge in [-0.2, -0.15) is 0 Å². The van der Waals surface area contributed by atoms with Gasteiger partial charge in [-0.05, 0) is 49.6 Å². The Labute approximate surface area is 166 Å². The molecule has 0 aromatic heterocycles. The summed E-state index contributed by atoms with van der Waals surface area (Å²) in [4.78, 5) is 25.4. The summed E-state index contributed by atoms with van der Waals surface area (Å²) >= 11 is 0. The van der Waals surface area contributed by atoms with Gasteiger partial charge in [-0.15, -0.1) is 0 Å². The molecule has 0 aliphatic heterocycles. The molecule has 150 valence electrons. The van der Waals surface area contributed by atoms with Crippen molar-refractivity contribution < 1.29 is 19.1 Å². The zero-order valence-electron chi connectivity index (χ0n) is 17.3.